The van der Waals surface area contributed by atoms with Crippen LogP contribution in [0.4, 0.5) is 0 Å². The van der Waals surface area contributed by atoms with Crippen LogP contribution in [0.1, 0.15) is 20.8 Å². The number of nitrogens with zero attached hydrogens (tertiary/aromatic N) is 1. The van der Waals surface area contributed by atoms with Crippen molar-refractivity contribution in [3.05, 3.63) is 36.0 Å². The van der Waals surface area contributed by atoms with E-state index in [1.165, 1.54) is 0 Å². The monoisotopic (exact) mass is 161 g/mol. The minimum atomic E-state index is 0.443. The lowest BCUT2D eigenvalue weighted by molar-refractivity contribution is 0.795. The molecule has 0 rings (SSSR count). The summed E-state index contributed by atoms with van der Waals surface area (Å²) in [4.78, 5) is 0. The molecule has 0 aliphatic heterocycles. The average molecular weight is 161 g/mol. The van der Waals surface area contributed by atoms with Gasteiger partial charge in [0.1, 0.15) is 0 Å². The molecule has 1 heteroatoms. The Balaban J connectivity index is 4.27. The van der Waals surface area contributed by atoms with Crippen molar-refractivity contribution in [3.63, 3.8) is 0 Å². The van der Waals surface area contributed by atoms with Gasteiger partial charge in [0.15, 0.2) is 0 Å². The van der Waals surface area contributed by atoms with Gasteiger partial charge in [-0.25, -0.2) is 0 Å². The van der Waals surface area contributed by atoms with Gasteiger partial charge >= 0.3 is 0 Å². The molecule has 0 saturated heterocycles. The molecular weight excluding hydrogens is 146 g/mol. The van der Waals surface area contributed by atoms with Gasteiger partial charge in [-0.2, -0.15) is 5.26 Å². The molecule has 0 radical (unpaired) electrons. The average Bonchev–Trinajstić information content (AvgIpc) is 2.05. The van der Waals surface area contributed by atoms with Gasteiger partial charge in [-0.3, -0.25) is 0 Å². The van der Waals surface area contributed by atoms with Crippen LogP contribution < -0.4 is 0 Å². The van der Waals surface area contributed by atoms with Crippen LogP contribution in [0.15, 0.2) is 36.0 Å². The summed E-state index contributed by atoms with van der Waals surface area (Å²) in [6.07, 6.45) is 5.47. The Morgan fingerprint density at radius 2 is 2.00 bits per heavy atom. The van der Waals surface area contributed by atoms with Gasteiger partial charge in [0.05, 0.1) is 6.07 Å². The Labute approximate surface area is 74.7 Å². The zero-order chi connectivity index (χ0) is 9.56. The van der Waals surface area contributed by atoms with Crippen LogP contribution in [0.5, 0.6) is 0 Å². The second kappa shape index (κ2) is 5.37. The molecule has 0 amide bonds. The van der Waals surface area contributed by atoms with E-state index in [2.05, 4.69) is 26.5 Å². The quantitative estimate of drug-likeness (QED) is 0.460. The maximum absolute atomic E-state index is 8.58. The summed E-state index contributed by atoms with van der Waals surface area (Å²) in [5, 5.41) is 8.58. The standard InChI is InChI=1S/C11H15N/c1-5-11(8-12)7-6-10(4)9(2)3/h5-7,9H,4H2,1-3H3/b7-6-,11-5+. The number of rotatable bonds is 3. The van der Waals surface area contributed by atoms with Gasteiger partial charge in [-0.1, -0.05) is 38.2 Å². The molecule has 0 aliphatic carbocycles. The first-order valence-corrected chi connectivity index (χ1v) is 4.05. The van der Waals surface area contributed by atoms with E-state index in [0.717, 1.165) is 5.57 Å². The van der Waals surface area contributed by atoms with E-state index in [0.29, 0.717) is 11.5 Å². The molecule has 0 unspecified atom stereocenters. The van der Waals surface area contributed by atoms with E-state index in [1.54, 1.807) is 12.2 Å². The topological polar surface area (TPSA) is 23.8 Å². The third kappa shape index (κ3) is 3.78. The second-order valence-electron chi connectivity index (χ2n) is 2.92. The molecule has 1 nitrogen and oxygen atoms in total. The molecule has 0 atom stereocenters. The van der Waals surface area contributed by atoms with Crippen molar-refractivity contribution in [1.82, 2.24) is 0 Å². The second-order valence-corrected chi connectivity index (χ2v) is 2.92. The van der Waals surface area contributed by atoms with Crippen molar-refractivity contribution in [2.45, 2.75) is 20.8 Å². The van der Waals surface area contributed by atoms with Crippen molar-refractivity contribution in [3.8, 4) is 6.07 Å². The van der Waals surface area contributed by atoms with E-state index < -0.39 is 0 Å². The van der Waals surface area contributed by atoms with Gasteiger partial charge in [0.2, 0.25) is 0 Å². The van der Waals surface area contributed by atoms with Crippen molar-refractivity contribution >= 4 is 0 Å². The molecule has 0 aromatic carbocycles. The zero-order valence-corrected chi connectivity index (χ0v) is 7.96. The van der Waals surface area contributed by atoms with Crippen LogP contribution in [-0.4, -0.2) is 0 Å². The predicted molar refractivity (Wildman–Crippen MR) is 52.5 cm³/mol. The first-order valence-electron chi connectivity index (χ1n) is 4.05. The van der Waals surface area contributed by atoms with Crippen LogP contribution >= 0.6 is 0 Å². The van der Waals surface area contributed by atoms with E-state index in [9.17, 15) is 0 Å². The zero-order valence-electron chi connectivity index (χ0n) is 7.96. The summed E-state index contributed by atoms with van der Waals surface area (Å²) in [5.41, 5.74) is 1.72. The molecule has 0 aromatic heterocycles. The van der Waals surface area contributed by atoms with Gasteiger partial charge in [-0.15, -0.1) is 0 Å². The van der Waals surface area contributed by atoms with Crippen molar-refractivity contribution in [2.75, 3.05) is 0 Å². The van der Waals surface area contributed by atoms with Crippen LogP contribution in [0, 0.1) is 17.2 Å². The molecule has 0 aromatic rings. The normalized spacial score (nSPS) is 12.1. The van der Waals surface area contributed by atoms with Crippen LogP contribution in [0.3, 0.4) is 0 Å². The maximum atomic E-state index is 8.58. The minimum Gasteiger partial charge on any atom is -0.192 e. The predicted octanol–water partition coefficient (Wildman–Crippen LogP) is 3.22. The summed E-state index contributed by atoms with van der Waals surface area (Å²) >= 11 is 0. The number of allylic oxidation sites excluding steroid dienone is 5. The van der Waals surface area contributed by atoms with Gasteiger partial charge in [-0.05, 0) is 18.9 Å². The summed E-state index contributed by atoms with van der Waals surface area (Å²) in [7, 11) is 0. The highest BCUT2D eigenvalue weighted by Gasteiger charge is 1.94. The molecule has 0 saturated carbocycles. The van der Waals surface area contributed by atoms with Crippen LogP contribution in [-0.2, 0) is 0 Å². The Bertz CT molecular complexity index is 249. The van der Waals surface area contributed by atoms with E-state index in [-0.39, 0.29) is 0 Å². The Morgan fingerprint density at radius 3 is 2.33 bits per heavy atom. The lowest BCUT2D eigenvalue weighted by atomic mass is 10.0. The molecule has 0 spiro atoms. The van der Waals surface area contributed by atoms with Crippen LogP contribution in [0.25, 0.3) is 0 Å². The molecule has 0 fully saturated rings. The third-order valence-electron chi connectivity index (χ3n) is 1.66. The van der Waals surface area contributed by atoms with E-state index in [1.807, 2.05) is 13.0 Å². The highest BCUT2D eigenvalue weighted by atomic mass is 14.2. The fraction of sp³-hybridized carbons (Fsp3) is 0.364. The molecule has 0 aliphatic rings. The Hall–Kier alpha value is -1.29. The number of nitriles is 1. The molecule has 64 valence electrons. The summed E-state index contributed by atoms with van der Waals surface area (Å²) < 4.78 is 0. The first kappa shape index (κ1) is 10.7. The van der Waals surface area contributed by atoms with E-state index in [4.69, 9.17) is 5.26 Å². The van der Waals surface area contributed by atoms with Gasteiger partial charge < -0.3 is 0 Å². The summed E-state index contributed by atoms with van der Waals surface area (Å²) in [6.45, 7) is 9.88. The fourth-order valence-electron chi connectivity index (χ4n) is 0.587. The molecule has 0 N–H and O–H groups in total. The highest BCUT2D eigenvalue weighted by Crippen LogP contribution is 2.09. The van der Waals surface area contributed by atoms with Gasteiger partial charge in [0.25, 0.3) is 0 Å². The molecule has 0 heterocycles. The van der Waals surface area contributed by atoms with Crippen LogP contribution in [0.2, 0.25) is 0 Å². The highest BCUT2D eigenvalue weighted by molar-refractivity contribution is 5.35. The summed E-state index contributed by atoms with van der Waals surface area (Å²) in [5.74, 6) is 0.443. The van der Waals surface area contributed by atoms with Crippen molar-refractivity contribution in [2.24, 2.45) is 5.92 Å². The maximum Gasteiger partial charge on any atom is 0.0988 e. The first-order chi connectivity index (χ1) is 5.61. The van der Waals surface area contributed by atoms with Crippen molar-refractivity contribution in [1.29, 1.82) is 5.26 Å². The SMILES string of the molecule is C=C(/C=C\C(C#N)=C/C)C(C)C. The molecule has 12 heavy (non-hydrogen) atoms. The molecular formula is C11H15N. The van der Waals surface area contributed by atoms with Gasteiger partial charge in [0, 0.05) is 5.57 Å². The number of hydrogen-bond acceptors (Lipinski definition) is 1. The Morgan fingerprint density at radius 1 is 1.42 bits per heavy atom. The Kier molecular flexibility index (Phi) is 4.79. The third-order valence-corrected chi connectivity index (χ3v) is 1.66. The fourth-order valence-corrected chi connectivity index (χ4v) is 0.587. The lowest BCUT2D eigenvalue weighted by Gasteiger charge is -2.01. The summed E-state index contributed by atoms with van der Waals surface area (Å²) in [6, 6.07) is 2.08. The van der Waals surface area contributed by atoms with E-state index >= 15 is 0 Å². The number of hydrogen-bond donors (Lipinski definition) is 0. The largest absolute Gasteiger partial charge is 0.192 e. The smallest absolute Gasteiger partial charge is 0.0988 e. The van der Waals surface area contributed by atoms with Crippen molar-refractivity contribution < 1.29 is 0 Å². The lowest BCUT2D eigenvalue weighted by Crippen LogP contribution is -1.87. The molecule has 0 bridgehead atoms. The minimum absolute atomic E-state index is 0.443.